The van der Waals surface area contributed by atoms with Gasteiger partial charge in [-0.1, -0.05) is 38.1 Å². The molecule has 2 aromatic carbocycles. The highest BCUT2D eigenvalue weighted by Gasteiger charge is 2.49. The molecule has 37 heavy (non-hydrogen) atoms. The SMILES string of the molecule is CC(C)C(NC(=O)c1cc2cccc(F)c2[nH]1)C(=O)N1CC2CC1CN2C(=O)c1nc2ccccc2[nH]1. The van der Waals surface area contributed by atoms with Crippen molar-refractivity contribution in [2.24, 2.45) is 5.92 Å². The number of aromatic amines is 2. The van der Waals surface area contributed by atoms with Crippen LogP contribution in [0.1, 0.15) is 41.4 Å². The van der Waals surface area contributed by atoms with E-state index in [-0.39, 0.29) is 41.0 Å². The van der Waals surface area contributed by atoms with Crippen LogP contribution in [0, 0.1) is 11.7 Å². The van der Waals surface area contributed by atoms with Gasteiger partial charge < -0.3 is 25.1 Å². The van der Waals surface area contributed by atoms with Crippen molar-refractivity contribution >= 4 is 39.7 Å². The quantitative estimate of drug-likeness (QED) is 0.389. The Balaban J connectivity index is 1.15. The van der Waals surface area contributed by atoms with E-state index in [0.717, 1.165) is 11.0 Å². The Morgan fingerprint density at radius 1 is 1.03 bits per heavy atom. The second-order valence-electron chi connectivity index (χ2n) is 10.2. The standard InChI is InChI=1S/C27H27FN6O3/c1-14(2)22(32-25(35)21-10-15-6-5-7-18(28)23(15)29-21)26(36)33-12-17-11-16(33)13-34(17)27(37)24-30-19-8-3-4-9-20(19)31-24/h3-10,14,16-17,22,29H,11-13H2,1-2H3,(H,30,31)(H,32,35). The average molecular weight is 503 g/mol. The van der Waals surface area contributed by atoms with Gasteiger partial charge in [0.2, 0.25) is 5.91 Å². The van der Waals surface area contributed by atoms with Crippen LogP contribution in [0.5, 0.6) is 0 Å². The molecule has 190 valence electrons. The van der Waals surface area contributed by atoms with Crippen LogP contribution in [-0.4, -0.2) is 73.7 Å². The zero-order chi connectivity index (χ0) is 25.8. The number of halogens is 1. The zero-order valence-corrected chi connectivity index (χ0v) is 20.5. The number of H-pyrrole nitrogens is 2. The largest absolute Gasteiger partial charge is 0.348 e. The first-order valence-corrected chi connectivity index (χ1v) is 12.4. The van der Waals surface area contributed by atoms with Crippen LogP contribution in [0.25, 0.3) is 21.9 Å². The number of benzene rings is 2. The Labute approximate surface area is 212 Å². The lowest BCUT2D eigenvalue weighted by atomic mass is 10.0. The summed E-state index contributed by atoms with van der Waals surface area (Å²) in [4.78, 5) is 53.6. The average Bonchev–Trinajstić information content (AvgIpc) is 3.67. The number of carbonyl (C=O) groups is 3. The summed E-state index contributed by atoms with van der Waals surface area (Å²) < 4.78 is 14.1. The fourth-order valence-electron chi connectivity index (χ4n) is 5.53. The minimum Gasteiger partial charge on any atom is -0.348 e. The molecule has 2 saturated heterocycles. The first-order valence-electron chi connectivity index (χ1n) is 12.4. The van der Waals surface area contributed by atoms with E-state index in [2.05, 4.69) is 20.3 Å². The van der Waals surface area contributed by atoms with E-state index >= 15 is 0 Å². The molecule has 3 atom stereocenters. The minimum absolute atomic E-state index is 0.102. The summed E-state index contributed by atoms with van der Waals surface area (Å²) in [5, 5.41) is 3.43. The van der Waals surface area contributed by atoms with Crippen molar-refractivity contribution in [2.45, 2.75) is 38.4 Å². The first-order chi connectivity index (χ1) is 17.8. The highest BCUT2D eigenvalue weighted by molar-refractivity contribution is 6.00. The second kappa shape index (κ2) is 8.72. The van der Waals surface area contributed by atoms with Crippen molar-refractivity contribution < 1.29 is 18.8 Å². The Bertz CT molecular complexity index is 1510. The summed E-state index contributed by atoms with van der Waals surface area (Å²) in [6.07, 6.45) is 0.692. The van der Waals surface area contributed by atoms with Crippen LogP contribution in [0.3, 0.4) is 0 Å². The van der Waals surface area contributed by atoms with E-state index in [0.29, 0.717) is 30.7 Å². The fraction of sp³-hybridized carbons (Fsp3) is 0.333. The number of para-hydroxylation sites is 3. The molecule has 2 aliphatic heterocycles. The number of aromatic nitrogens is 3. The number of hydrogen-bond acceptors (Lipinski definition) is 4. The van der Waals surface area contributed by atoms with Gasteiger partial charge in [-0.2, -0.15) is 0 Å². The molecule has 6 rings (SSSR count). The summed E-state index contributed by atoms with van der Waals surface area (Å²) in [5.41, 5.74) is 2.00. The number of likely N-dealkylation sites (tertiary alicyclic amines) is 2. The summed E-state index contributed by atoms with van der Waals surface area (Å²) in [7, 11) is 0. The lowest BCUT2D eigenvalue weighted by molar-refractivity contribution is -0.136. The third-order valence-electron chi connectivity index (χ3n) is 7.45. The molecule has 0 saturated carbocycles. The van der Waals surface area contributed by atoms with E-state index in [4.69, 9.17) is 0 Å². The molecule has 2 fully saturated rings. The number of nitrogens with one attached hydrogen (secondary N) is 3. The topological polar surface area (TPSA) is 114 Å². The number of fused-ring (bicyclic) bond motifs is 4. The maximum absolute atomic E-state index is 14.1. The first kappa shape index (κ1) is 23.2. The van der Waals surface area contributed by atoms with Gasteiger partial charge in [-0.3, -0.25) is 14.4 Å². The van der Waals surface area contributed by atoms with Crippen LogP contribution in [0.15, 0.2) is 48.5 Å². The number of hydrogen-bond donors (Lipinski definition) is 3. The zero-order valence-electron chi connectivity index (χ0n) is 20.5. The summed E-state index contributed by atoms with van der Waals surface area (Å²) in [5.74, 6) is -1.11. The second-order valence-corrected chi connectivity index (χ2v) is 10.2. The van der Waals surface area contributed by atoms with Gasteiger partial charge in [-0.15, -0.1) is 0 Å². The molecule has 3 N–H and O–H groups in total. The Morgan fingerprint density at radius 3 is 2.49 bits per heavy atom. The summed E-state index contributed by atoms with van der Waals surface area (Å²) >= 11 is 0. The number of rotatable bonds is 5. The van der Waals surface area contributed by atoms with Crippen LogP contribution >= 0.6 is 0 Å². The van der Waals surface area contributed by atoms with Crippen molar-refractivity contribution in [1.29, 1.82) is 0 Å². The predicted octanol–water partition coefficient (Wildman–Crippen LogP) is 3.06. The predicted molar refractivity (Wildman–Crippen MR) is 135 cm³/mol. The van der Waals surface area contributed by atoms with E-state index in [1.165, 1.54) is 6.07 Å². The van der Waals surface area contributed by atoms with E-state index in [1.807, 2.05) is 38.1 Å². The van der Waals surface area contributed by atoms with Gasteiger partial charge in [-0.25, -0.2) is 9.37 Å². The molecule has 3 amide bonds. The lowest BCUT2D eigenvalue weighted by Crippen LogP contribution is -2.57. The molecule has 2 aromatic heterocycles. The Morgan fingerprint density at radius 2 is 1.78 bits per heavy atom. The van der Waals surface area contributed by atoms with E-state index in [9.17, 15) is 18.8 Å². The van der Waals surface area contributed by atoms with Gasteiger partial charge in [0.1, 0.15) is 17.6 Å². The Hall–Kier alpha value is -4.21. The van der Waals surface area contributed by atoms with Crippen molar-refractivity contribution in [2.75, 3.05) is 13.1 Å². The van der Waals surface area contributed by atoms with Gasteiger partial charge in [0, 0.05) is 18.5 Å². The monoisotopic (exact) mass is 502 g/mol. The summed E-state index contributed by atoms with van der Waals surface area (Å²) in [6.45, 7) is 4.58. The number of piperazine rings is 1. The van der Waals surface area contributed by atoms with Crippen molar-refractivity contribution in [1.82, 2.24) is 30.1 Å². The van der Waals surface area contributed by atoms with Crippen molar-refractivity contribution in [3.8, 4) is 0 Å². The molecule has 2 aliphatic rings. The minimum atomic E-state index is -0.748. The number of imidazole rings is 1. The summed E-state index contributed by atoms with van der Waals surface area (Å²) in [6, 6.07) is 12.7. The van der Waals surface area contributed by atoms with Crippen LogP contribution in [-0.2, 0) is 4.79 Å². The smallest absolute Gasteiger partial charge is 0.290 e. The Kier molecular flexibility index (Phi) is 5.47. The molecule has 3 unspecified atom stereocenters. The maximum Gasteiger partial charge on any atom is 0.290 e. The molecule has 9 nitrogen and oxygen atoms in total. The third kappa shape index (κ3) is 3.92. The van der Waals surface area contributed by atoms with E-state index < -0.39 is 17.8 Å². The van der Waals surface area contributed by atoms with Gasteiger partial charge in [-0.05, 0) is 36.6 Å². The molecule has 0 spiro atoms. The van der Waals surface area contributed by atoms with E-state index in [1.54, 1.807) is 28.0 Å². The maximum atomic E-state index is 14.1. The van der Waals surface area contributed by atoms with Crippen LogP contribution < -0.4 is 5.32 Å². The van der Waals surface area contributed by atoms with Gasteiger partial charge in [0.15, 0.2) is 5.82 Å². The highest BCUT2D eigenvalue weighted by atomic mass is 19.1. The van der Waals surface area contributed by atoms with Gasteiger partial charge in [0.05, 0.1) is 28.6 Å². The molecule has 2 bridgehead atoms. The molecule has 0 radical (unpaired) electrons. The lowest BCUT2D eigenvalue weighted by Gasteiger charge is -2.36. The van der Waals surface area contributed by atoms with Gasteiger partial charge >= 0.3 is 0 Å². The molecular formula is C27H27FN6O3. The molecule has 10 heteroatoms. The van der Waals surface area contributed by atoms with Crippen LogP contribution in [0.2, 0.25) is 0 Å². The van der Waals surface area contributed by atoms with Crippen molar-refractivity contribution in [3.63, 3.8) is 0 Å². The molecule has 4 aromatic rings. The number of amides is 3. The van der Waals surface area contributed by atoms with Gasteiger partial charge in [0.25, 0.3) is 11.8 Å². The highest BCUT2D eigenvalue weighted by Crippen LogP contribution is 2.33. The molecule has 0 aliphatic carbocycles. The van der Waals surface area contributed by atoms with Crippen molar-refractivity contribution in [3.05, 3.63) is 65.9 Å². The number of carbonyl (C=O) groups excluding carboxylic acids is 3. The fourth-order valence-corrected chi connectivity index (χ4v) is 5.53. The molecular weight excluding hydrogens is 475 g/mol. The third-order valence-corrected chi connectivity index (χ3v) is 7.45. The number of nitrogens with zero attached hydrogens (tertiary/aromatic N) is 3. The van der Waals surface area contributed by atoms with Crippen LogP contribution in [0.4, 0.5) is 4.39 Å². The molecule has 4 heterocycles. The normalized spacial score (nSPS) is 19.8.